The number of hydrogen-bond donors (Lipinski definition) is 1. The average molecular weight is 219 g/mol. The fourth-order valence-corrected chi connectivity index (χ4v) is 2.36. The second-order valence-corrected chi connectivity index (χ2v) is 3.95. The molecular formula is C8H11ClN2OS. The van der Waals surface area contributed by atoms with E-state index in [1.54, 1.807) is 0 Å². The summed E-state index contributed by atoms with van der Waals surface area (Å²) in [5.41, 5.74) is 6.41. The van der Waals surface area contributed by atoms with E-state index in [2.05, 4.69) is 4.98 Å². The molecule has 0 aliphatic heterocycles. The molecule has 0 atom stereocenters. The van der Waals surface area contributed by atoms with Crippen LogP contribution in [0.4, 0.5) is 0 Å². The molecule has 3 nitrogen and oxygen atoms in total. The van der Waals surface area contributed by atoms with Gasteiger partial charge in [0.15, 0.2) is 5.78 Å². The van der Waals surface area contributed by atoms with Crippen molar-refractivity contribution in [1.29, 1.82) is 0 Å². The van der Waals surface area contributed by atoms with E-state index in [0.29, 0.717) is 13.0 Å². The first-order chi connectivity index (χ1) is 5.81. The van der Waals surface area contributed by atoms with E-state index in [1.165, 1.54) is 11.3 Å². The number of carbonyl (C=O) groups is 1. The Hall–Kier alpha value is -0.450. The second-order valence-electron chi connectivity index (χ2n) is 2.86. The van der Waals surface area contributed by atoms with Crippen molar-refractivity contribution in [3.8, 4) is 0 Å². The van der Waals surface area contributed by atoms with Crippen LogP contribution >= 0.6 is 23.7 Å². The second kappa shape index (κ2) is 4.17. The quantitative estimate of drug-likeness (QED) is 0.778. The van der Waals surface area contributed by atoms with Gasteiger partial charge in [-0.05, 0) is 12.8 Å². The summed E-state index contributed by atoms with van der Waals surface area (Å²) in [6, 6.07) is 0. The zero-order chi connectivity index (χ0) is 8.55. The molecule has 0 bridgehead atoms. The maximum absolute atomic E-state index is 11.3. The van der Waals surface area contributed by atoms with Gasteiger partial charge < -0.3 is 5.73 Å². The molecule has 1 heterocycles. The van der Waals surface area contributed by atoms with Crippen LogP contribution in [0.25, 0.3) is 0 Å². The third-order valence-electron chi connectivity index (χ3n) is 1.99. The molecule has 2 rings (SSSR count). The fourth-order valence-electron chi connectivity index (χ4n) is 1.41. The molecule has 1 aromatic rings. The van der Waals surface area contributed by atoms with Crippen molar-refractivity contribution < 1.29 is 4.79 Å². The number of thiazole rings is 1. The van der Waals surface area contributed by atoms with Crippen LogP contribution in [0.2, 0.25) is 0 Å². The number of nitrogens with zero attached hydrogens (tertiary/aromatic N) is 1. The normalized spacial score (nSPS) is 15.0. The van der Waals surface area contributed by atoms with Crippen molar-refractivity contribution >= 4 is 29.5 Å². The number of halogens is 1. The molecule has 1 aliphatic rings. The van der Waals surface area contributed by atoms with Crippen molar-refractivity contribution in [1.82, 2.24) is 4.98 Å². The van der Waals surface area contributed by atoms with Gasteiger partial charge in [0.1, 0.15) is 5.01 Å². The van der Waals surface area contributed by atoms with E-state index in [4.69, 9.17) is 5.73 Å². The highest BCUT2D eigenvalue weighted by Gasteiger charge is 2.21. The summed E-state index contributed by atoms with van der Waals surface area (Å²) in [6.07, 6.45) is 2.57. The van der Waals surface area contributed by atoms with Gasteiger partial charge >= 0.3 is 0 Å². The lowest BCUT2D eigenvalue weighted by molar-refractivity contribution is 0.0976. The van der Waals surface area contributed by atoms with Crippen molar-refractivity contribution in [2.45, 2.75) is 25.8 Å². The van der Waals surface area contributed by atoms with E-state index in [0.717, 1.165) is 28.4 Å². The van der Waals surface area contributed by atoms with Gasteiger partial charge in [0.05, 0.1) is 10.6 Å². The van der Waals surface area contributed by atoms with Crippen LogP contribution in [0, 0.1) is 0 Å². The van der Waals surface area contributed by atoms with Gasteiger partial charge in [-0.15, -0.1) is 23.7 Å². The summed E-state index contributed by atoms with van der Waals surface area (Å²) < 4.78 is 0. The average Bonchev–Trinajstić information content (AvgIpc) is 2.49. The van der Waals surface area contributed by atoms with Crippen LogP contribution in [0.3, 0.4) is 0 Å². The first-order valence-electron chi connectivity index (χ1n) is 4.03. The van der Waals surface area contributed by atoms with Crippen LogP contribution in [0.15, 0.2) is 0 Å². The zero-order valence-electron chi connectivity index (χ0n) is 7.08. The highest BCUT2D eigenvalue weighted by molar-refractivity contribution is 7.13. The van der Waals surface area contributed by atoms with Crippen LogP contribution in [0.5, 0.6) is 0 Å². The largest absolute Gasteiger partial charge is 0.325 e. The number of Topliss-reactive ketones (excluding diaryl/α,β-unsaturated/α-hetero) is 1. The van der Waals surface area contributed by atoms with Crippen molar-refractivity contribution in [3.63, 3.8) is 0 Å². The summed E-state index contributed by atoms with van der Waals surface area (Å²) in [7, 11) is 0. The van der Waals surface area contributed by atoms with E-state index in [1.807, 2.05) is 0 Å². The van der Waals surface area contributed by atoms with Gasteiger partial charge in [0.25, 0.3) is 0 Å². The predicted octanol–water partition coefficient (Wildman–Crippen LogP) is 1.54. The highest BCUT2D eigenvalue weighted by Crippen LogP contribution is 2.26. The lowest BCUT2D eigenvalue weighted by Gasteiger charge is -2.06. The summed E-state index contributed by atoms with van der Waals surface area (Å²) in [6.45, 7) is 0.449. The Morgan fingerprint density at radius 3 is 2.85 bits per heavy atom. The Bertz CT molecular complexity index is 324. The van der Waals surface area contributed by atoms with Gasteiger partial charge in [0, 0.05) is 13.0 Å². The van der Waals surface area contributed by atoms with Gasteiger partial charge in [-0.3, -0.25) is 4.79 Å². The highest BCUT2D eigenvalue weighted by atomic mass is 35.5. The molecule has 0 unspecified atom stereocenters. The van der Waals surface area contributed by atoms with E-state index < -0.39 is 0 Å². The smallest absolute Gasteiger partial charge is 0.174 e. The monoisotopic (exact) mass is 218 g/mol. The third kappa shape index (κ3) is 1.90. The number of hydrogen-bond acceptors (Lipinski definition) is 4. The van der Waals surface area contributed by atoms with Crippen molar-refractivity contribution in [2.24, 2.45) is 5.73 Å². The molecule has 2 N–H and O–H groups in total. The molecule has 0 saturated heterocycles. The van der Waals surface area contributed by atoms with E-state index in [-0.39, 0.29) is 18.2 Å². The molecule has 5 heteroatoms. The lowest BCUT2D eigenvalue weighted by atomic mass is 10.0. The number of aromatic nitrogens is 1. The molecule has 1 aromatic heterocycles. The van der Waals surface area contributed by atoms with Crippen LogP contribution < -0.4 is 5.73 Å². The minimum atomic E-state index is 0. The molecule has 0 saturated carbocycles. The van der Waals surface area contributed by atoms with E-state index in [9.17, 15) is 4.79 Å². The third-order valence-corrected chi connectivity index (χ3v) is 3.15. The van der Waals surface area contributed by atoms with Crippen molar-refractivity contribution in [3.05, 3.63) is 15.6 Å². The first kappa shape index (κ1) is 10.6. The number of ketones is 1. The molecule has 0 amide bonds. The lowest BCUT2D eigenvalue weighted by Crippen LogP contribution is -2.07. The van der Waals surface area contributed by atoms with Gasteiger partial charge in [-0.25, -0.2) is 4.98 Å². The maximum atomic E-state index is 11.3. The Labute approximate surface area is 86.8 Å². The molecule has 0 aromatic carbocycles. The summed E-state index contributed by atoms with van der Waals surface area (Å²) in [5.74, 6) is 0.244. The molecule has 72 valence electrons. The molecule has 13 heavy (non-hydrogen) atoms. The standard InChI is InChI=1S/C8H10N2OS.ClH/c9-4-7-10-5-2-1-3-6(11)8(5)12-7;/h1-4,9H2;1H. The Kier molecular flexibility index (Phi) is 3.41. The topological polar surface area (TPSA) is 56.0 Å². The van der Waals surface area contributed by atoms with Gasteiger partial charge in [0.2, 0.25) is 0 Å². The molecular weight excluding hydrogens is 208 g/mol. The van der Waals surface area contributed by atoms with Crippen LogP contribution in [-0.4, -0.2) is 10.8 Å². The maximum Gasteiger partial charge on any atom is 0.174 e. The summed E-state index contributed by atoms with van der Waals surface area (Å²) in [4.78, 5) is 16.5. The van der Waals surface area contributed by atoms with Crippen LogP contribution in [0.1, 0.15) is 33.2 Å². The number of fused-ring (bicyclic) bond motifs is 1. The molecule has 0 spiro atoms. The van der Waals surface area contributed by atoms with Crippen molar-refractivity contribution in [2.75, 3.05) is 0 Å². The van der Waals surface area contributed by atoms with E-state index >= 15 is 0 Å². The first-order valence-corrected chi connectivity index (χ1v) is 4.84. The summed E-state index contributed by atoms with van der Waals surface area (Å²) >= 11 is 1.46. The van der Waals surface area contributed by atoms with Crippen LogP contribution in [-0.2, 0) is 13.0 Å². The van der Waals surface area contributed by atoms with Gasteiger partial charge in [-0.1, -0.05) is 0 Å². The number of aryl methyl sites for hydroxylation is 1. The molecule has 0 fully saturated rings. The number of rotatable bonds is 1. The number of nitrogens with two attached hydrogens (primary N) is 1. The minimum absolute atomic E-state index is 0. The Balaban J connectivity index is 0.000000845. The minimum Gasteiger partial charge on any atom is -0.325 e. The van der Waals surface area contributed by atoms with Gasteiger partial charge in [-0.2, -0.15) is 0 Å². The molecule has 0 radical (unpaired) electrons. The Morgan fingerprint density at radius 1 is 1.46 bits per heavy atom. The number of carbonyl (C=O) groups excluding carboxylic acids is 1. The fraction of sp³-hybridized carbons (Fsp3) is 0.500. The Morgan fingerprint density at radius 2 is 2.23 bits per heavy atom. The predicted molar refractivity (Wildman–Crippen MR) is 54.5 cm³/mol. The SMILES string of the molecule is Cl.NCc1nc2c(s1)C(=O)CCC2. The zero-order valence-corrected chi connectivity index (χ0v) is 8.71. The summed E-state index contributed by atoms with van der Waals surface area (Å²) in [5, 5.41) is 0.884. The molecule has 1 aliphatic carbocycles.